The van der Waals surface area contributed by atoms with Crippen LogP contribution in [0, 0.1) is 20.7 Å². The molecule has 2 rings (SSSR count). The number of nitriles is 1. The van der Waals surface area contributed by atoms with Crippen LogP contribution in [0.15, 0.2) is 30.3 Å². The molecule has 2 aromatic rings. The van der Waals surface area contributed by atoms with Crippen molar-refractivity contribution >= 4 is 40.0 Å². The van der Waals surface area contributed by atoms with Crippen molar-refractivity contribution in [3.05, 3.63) is 45.3 Å². The first kappa shape index (κ1) is 17.0. The Morgan fingerprint density at radius 2 is 2.22 bits per heavy atom. The van der Waals surface area contributed by atoms with Crippen molar-refractivity contribution in [2.24, 2.45) is 5.73 Å². The first-order valence-corrected chi connectivity index (χ1v) is 7.57. The van der Waals surface area contributed by atoms with E-state index in [4.69, 9.17) is 15.7 Å². The predicted molar refractivity (Wildman–Crippen MR) is 90.9 cm³/mol. The number of primary amides is 1. The minimum atomic E-state index is -0.718. The van der Waals surface area contributed by atoms with Gasteiger partial charge in [0.25, 0.3) is 5.91 Å². The molecule has 1 aromatic heterocycles. The number of anilines is 2. The van der Waals surface area contributed by atoms with E-state index in [-0.39, 0.29) is 22.9 Å². The van der Waals surface area contributed by atoms with Gasteiger partial charge in [-0.25, -0.2) is 4.39 Å². The number of nitrogens with two attached hydrogens (primary N) is 1. The van der Waals surface area contributed by atoms with Crippen molar-refractivity contribution in [2.75, 3.05) is 5.32 Å². The van der Waals surface area contributed by atoms with Gasteiger partial charge in [0.1, 0.15) is 17.7 Å². The highest BCUT2D eigenvalue weighted by molar-refractivity contribution is 14.1. The monoisotopic (exact) mass is 426 g/mol. The number of benzene rings is 1. The summed E-state index contributed by atoms with van der Waals surface area (Å²) in [7, 11) is 0. The third-order valence-electron chi connectivity index (χ3n) is 2.80. The van der Waals surface area contributed by atoms with Crippen LogP contribution < -0.4 is 15.8 Å². The molecule has 1 heterocycles. The number of hydrogen-bond donors (Lipinski definition) is 2. The summed E-state index contributed by atoms with van der Waals surface area (Å²) < 4.78 is 19.9. The fourth-order valence-corrected chi connectivity index (χ4v) is 2.18. The molecule has 3 N–H and O–H groups in total. The molecule has 0 unspecified atom stereocenters. The number of carbonyl (C=O) groups excluding carboxylic acids is 1. The summed E-state index contributed by atoms with van der Waals surface area (Å²) in [5.74, 6) is -1.03. The quantitative estimate of drug-likeness (QED) is 0.717. The maximum absolute atomic E-state index is 13.9. The summed E-state index contributed by atoms with van der Waals surface area (Å²) in [5.41, 5.74) is 5.53. The number of aromatic nitrogens is 1. The number of pyridine rings is 1. The maximum Gasteiger partial charge on any atom is 0.252 e. The summed E-state index contributed by atoms with van der Waals surface area (Å²) in [4.78, 5) is 15.6. The molecule has 23 heavy (non-hydrogen) atoms. The van der Waals surface area contributed by atoms with Gasteiger partial charge in [-0.1, -0.05) is 0 Å². The second-order valence-electron chi connectivity index (χ2n) is 4.55. The van der Waals surface area contributed by atoms with E-state index in [1.54, 1.807) is 13.0 Å². The SMILES string of the molecule is C[C@H](C#N)Oc1ccc(C(N)=O)c(Nc2ccc(I)cc2F)n1. The van der Waals surface area contributed by atoms with Gasteiger partial charge in [-0.2, -0.15) is 10.2 Å². The van der Waals surface area contributed by atoms with E-state index < -0.39 is 17.8 Å². The van der Waals surface area contributed by atoms with Gasteiger partial charge in [-0.15, -0.1) is 0 Å². The zero-order valence-electron chi connectivity index (χ0n) is 12.0. The molecular formula is C15H12FIN4O2. The Morgan fingerprint density at radius 1 is 1.48 bits per heavy atom. The average Bonchev–Trinajstić information content (AvgIpc) is 2.50. The predicted octanol–water partition coefficient (Wildman–Crippen LogP) is 2.96. The number of rotatable bonds is 5. The van der Waals surface area contributed by atoms with Crippen LogP contribution in [-0.2, 0) is 0 Å². The van der Waals surface area contributed by atoms with Crippen molar-refractivity contribution in [2.45, 2.75) is 13.0 Å². The summed E-state index contributed by atoms with van der Waals surface area (Å²) in [5, 5.41) is 11.5. The Kier molecular flexibility index (Phi) is 5.33. The summed E-state index contributed by atoms with van der Waals surface area (Å²) in [6.45, 7) is 1.55. The summed E-state index contributed by atoms with van der Waals surface area (Å²) in [6.07, 6.45) is -0.718. The van der Waals surface area contributed by atoms with Crippen LogP contribution in [0.4, 0.5) is 15.9 Å². The van der Waals surface area contributed by atoms with Crippen molar-refractivity contribution in [3.63, 3.8) is 0 Å². The van der Waals surface area contributed by atoms with E-state index in [1.807, 2.05) is 28.7 Å². The molecule has 0 fully saturated rings. The number of nitrogens with zero attached hydrogens (tertiary/aromatic N) is 2. The lowest BCUT2D eigenvalue weighted by Crippen LogP contribution is -2.16. The molecule has 0 radical (unpaired) electrons. The number of amides is 1. The average molecular weight is 426 g/mol. The van der Waals surface area contributed by atoms with Gasteiger partial charge in [0.05, 0.1) is 11.3 Å². The molecule has 0 aliphatic rings. The number of hydrogen-bond acceptors (Lipinski definition) is 5. The minimum Gasteiger partial charge on any atom is -0.459 e. The van der Waals surface area contributed by atoms with Gasteiger partial charge in [0.2, 0.25) is 5.88 Å². The largest absolute Gasteiger partial charge is 0.459 e. The molecule has 0 saturated carbocycles. The van der Waals surface area contributed by atoms with Crippen LogP contribution >= 0.6 is 22.6 Å². The highest BCUT2D eigenvalue weighted by Gasteiger charge is 2.14. The lowest BCUT2D eigenvalue weighted by molar-refractivity contribution is 0.100. The standard InChI is InChI=1S/C15H12FIN4O2/c1-8(7-18)23-13-5-3-10(14(19)22)15(21-13)20-12-4-2-9(17)6-11(12)16/h2-6,8H,1H3,(H2,19,22)(H,20,21)/t8-/m1/s1. The lowest BCUT2D eigenvalue weighted by Gasteiger charge is -2.13. The van der Waals surface area contributed by atoms with Crippen molar-refractivity contribution in [1.29, 1.82) is 5.26 Å². The summed E-state index contributed by atoms with van der Waals surface area (Å²) >= 11 is 1.99. The van der Waals surface area contributed by atoms with Gasteiger partial charge in [-0.05, 0) is 53.8 Å². The number of ether oxygens (including phenoxy) is 1. The van der Waals surface area contributed by atoms with Crippen LogP contribution in [0.3, 0.4) is 0 Å². The summed E-state index contributed by atoms with van der Waals surface area (Å²) in [6, 6.07) is 9.29. The Hall–Kier alpha value is -2.41. The molecule has 6 nitrogen and oxygen atoms in total. The number of halogens is 2. The van der Waals surface area contributed by atoms with Crippen LogP contribution in [0.5, 0.6) is 5.88 Å². The van der Waals surface area contributed by atoms with E-state index in [9.17, 15) is 9.18 Å². The Balaban J connectivity index is 2.39. The van der Waals surface area contributed by atoms with Crippen LogP contribution in [0.2, 0.25) is 0 Å². The van der Waals surface area contributed by atoms with Crippen molar-refractivity contribution < 1.29 is 13.9 Å². The van der Waals surface area contributed by atoms with E-state index >= 15 is 0 Å². The molecule has 0 aliphatic carbocycles. The van der Waals surface area contributed by atoms with E-state index in [1.165, 1.54) is 24.3 Å². The fraction of sp³-hybridized carbons (Fsp3) is 0.133. The number of carbonyl (C=O) groups is 1. The van der Waals surface area contributed by atoms with Gasteiger partial charge in [-0.3, -0.25) is 4.79 Å². The molecule has 0 aliphatic heterocycles. The maximum atomic E-state index is 13.9. The van der Waals surface area contributed by atoms with Gasteiger partial charge in [0.15, 0.2) is 6.10 Å². The smallest absolute Gasteiger partial charge is 0.252 e. The molecule has 0 bridgehead atoms. The highest BCUT2D eigenvalue weighted by Crippen LogP contribution is 2.25. The van der Waals surface area contributed by atoms with Gasteiger partial charge in [0, 0.05) is 9.64 Å². The fourth-order valence-electron chi connectivity index (χ4n) is 1.73. The Morgan fingerprint density at radius 3 is 2.83 bits per heavy atom. The van der Waals surface area contributed by atoms with Crippen molar-refractivity contribution in [1.82, 2.24) is 4.98 Å². The molecule has 0 spiro atoms. The van der Waals surface area contributed by atoms with Gasteiger partial charge < -0.3 is 15.8 Å². The molecule has 1 amide bonds. The first-order valence-electron chi connectivity index (χ1n) is 6.50. The highest BCUT2D eigenvalue weighted by atomic mass is 127. The molecule has 118 valence electrons. The molecule has 1 atom stereocenters. The van der Waals surface area contributed by atoms with E-state index in [0.29, 0.717) is 0 Å². The number of nitrogens with one attached hydrogen (secondary N) is 1. The zero-order chi connectivity index (χ0) is 17.0. The second-order valence-corrected chi connectivity index (χ2v) is 5.79. The van der Waals surface area contributed by atoms with Crippen molar-refractivity contribution in [3.8, 4) is 11.9 Å². The molecular weight excluding hydrogens is 414 g/mol. The third-order valence-corrected chi connectivity index (χ3v) is 3.47. The minimum absolute atomic E-state index is 0.0558. The third kappa shape index (κ3) is 4.29. The zero-order valence-corrected chi connectivity index (χ0v) is 14.2. The van der Waals surface area contributed by atoms with E-state index in [0.717, 1.165) is 3.57 Å². The van der Waals surface area contributed by atoms with Gasteiger partial charge >= 0.3 is 0 Å². The molecule has 0 saturated heterocycles. The van der Waals surface area contributed by atoms with Crippen LogP contribution in [0.25, 0.3) is 0 Å². The topological polar surface area (TPSA) is 101 Å². The normalized spacial score (nSPS) is 11.4. The Bertz CT molecular complexity index is 792. The first-order chi connectivity index (χ1) is 10.9. The molecule has 1 aromatic carbocycles. The van der Waals surface area contributed by atoms with E-state index in [2.05, 4.69) is 10.3 Å². The van der Waals surface area contributed by atoms with Crippen LogP contribution in [-0.4, -0.2) is 17.0 Å². The lowest BCUT2D eigenvalue weighted by atomic mass is 10.2. The van der Waals surface area contributed by atoms with Crippen LogP contribution in [0.1, 0.15) is 17.3 Å². The molecule has 8 heteroatoms. The second kappa shape index (κ2) is 7.23. The Labute approximate surface area is 145 Å².